The summed E-state index contributed by atoms with van der Waals surface area (Å²) in [4.78, 5) is 31.6. The molecule has 1 fully saturated rings. The first-order valence-electron chi connectivity index (χ1n) is 9.56. The Morgan fingerprint density at radius 2 is 1.90 bits per heavy atom. The monoisotopic (exact) mass is 419 g/mol. The average Bonchev–Trinajstić information content (AvgIpc) is 3.15. The van der Waals surface area contributed by atoms with Crippen LogP contribution in [0.5, 0.6) is 0 Å². The van der Waals surface area contributed by atoms with Gasteiger partial charge in [-0.1, -0.05) is 12.1 Å². The second-order valence-electron chi connectivity index (χ2n) is 7.41. The molecule has 4 rings (SSSR count). The minimum absolute atomic E-state index is 0.0828. The van der Waals surface area contributed by atoms with Gasteiger partial charge >= 0.3 is 6.18 Å². The maximum atomic E-state index is 13.3. The van der Waals surface area contributed by atoms with Crippen LogP contribution in [0.15, 0.2) is 46.1 Å². The number of halogens is 3. The summed E-state index contributed by atoms with van der Waals surface area (Å²) in [6, 6.07) is 7.50. The van der Waals surface area contributed by atoms with Crippen molar-refractivity contribution < 1.29 is 13.2 Å². The molecule has 7 nitrogen and oxygen atoms in total. The lowest BCUT2D eigenvalue weighted by atomic mass is 10.1. The van der Waals surface area contributed by atoms with Gasteiger partial charge in [0, 0.05) is 25.4 Å². The summed E-state index contributed by atoms with van der Waals surface area (Å²) in [5, 5.41) is 4.05. The van der Waals surface area contributed by atoms with Crippen molar-refractivity contribution in [2.75, 3.05) is 6.54 Å². The van der Waals surface area contributed by atoms with Gasteiger partial charge in [-0.25, -0.2) is 9.67 Å². The zero-order chi connectivity index (χ0) is 21.5. The van der Waals surface area contributed by atoms with Crippen LogP contribution in [0.25, 0.3) is 10.9 Å². The molecule has 10 heteroatoms. The molecule has 0 amide bonds. The van der Waals surface area contributed by atoms with Crippen LogP contribution in [-0.4, -0.2) is 37.0 Å². The van der Waals surface area contributed by atoms with Crippen LogP contribution in [0.4, 0.5) is 13.2 Å². The molecule has 30 heavy (non-hydrogen) atoms. The lowest BCUT2D eigenvalue weighted by molar-refractivity contribution is -0.142. The van der Waals surface area contributed by atoms with Crippen molar-refractivity contribution in [3.63, 3.8) is 0 Å². The van der Waals surface area contributed by atoms with Crippen molar-refractivity contribution in [3.05, 3.63) is 68.6 Å². The SMILES string of the molecule is Cn1nccc(CN2CCCC2c2nc3ccccc3c(=O)n2CC(F)(F)F)c1=O. The number of aromatic nitrogens is 4. The number of fused-ring (bicyclic) bond motifs is 1. The summed E-state index contributed by atoms with van der Waals surface area (Å²) < 4.78 is 41.8. The maximum absolute atomic E-state index is 13.3. The molecule has 0 spiro atoms. The van der Waals surface area contributed by atoms with E-state index in [2.05, 4.69) is 10.1 Å². The second-order valence-corrected chi connectivity index (χ2v) is 7.41. The van der Waals surface area contributed by atoms with Crippen LogP contribution in [0, 0.1) is 0 Å². The van der Waals surface area contributed by atoms with Crippen molar-refractivity contribution in [3.8, 4) is 0 Å². The Balaban J connectivity index is 1.80. The van der Waals surface area contributed by atoms with Gasteiger partial charge in [0.25, 0.3) is 11.1 Å². The fraction of sp³-hybridized carbons (Fsp3) is 0.400. The normalized spacial score (nSPS) is 17.7. The van der Waals surface area contributed by atoms with Gasteiger partial charge in [0.2, 0.25) is 0 Å². The molecule has 1 aliphatic rings. The van der Waals surface area contributed by atoms with Gasteiger partial charge in [-0.3, -0.25) is 19.1 Å². The highest BCUT2D eigenvalue weighted by molar-refractivity contribution is 5.77. The molecule has 2 aromatic heterocycles. The molecule has 158 valence electrons. The van der Waals surface area contributed by atoms with Gasteiger partial charge in [-0.2, -0.15) is 18.3 Å². The lowest BCUT2D eigenvalue weighted by Gasteiger charge is -2.26. The summed E-state index contributed by atoms with van der Waals surface area (Å²) in [5.74, 6) is 0.0828. The molecule has 1 aliphatic heterocycles. The highest BCUT2D eigenvalue weighted by atomic mass is 19.4. The molecule has 1 aromatic carbocycles. The van der Waals surface area contributed by atoms with E-state index in [1.165, 1.54) is 16.9 Å². The van der Waals surface area contributed by atoms with Crippen LogP contribution < -0.4 is 11.1 Å². The fourth-order valence-corrected chi connectivity index (χ4v) is 3.97. The number of hydrogen-bond donors (Lipinski definition) is 0. The van der Waals surface area contributed by atoms with E-state index in [-0.39, 0.29) is 23.3 Å². The van der Waals surface area contributed by atoms with Gasteiger partial charge in [-0.15, -0.1) is 0 Å². The van der Waals surface area contributed by atoms with Gasteiger partial charge in [-0.05, 0) is 37.6 Å². The quantitative estimate of drug-likeness (QED) is 0.649. The minimum Gasteiger partial charge on any atom is -0.289 e. The molecule has 0 saturated carbocycles. The minimum atomic E-state index is -4.56. The third-order valence-corrected chi connectivity index (χ3v) is 5.35. The van der Waals surface area contributed by atoms with Crippen LogP contribution in [0.1, 0.15) is 30.3 Å². The Bertz CT molecular complexity index is 1200. The van der Waals surface area contributed by atoms with E-state index in [1.807, 2.05) is 4.90 Å². The number of para-hydroxylation sites is 1. The van der Waals surface area contributed by atoms with E-state index in [9.17, 15) is 22.8 Å². The van der Waals surface area contributed by atoms with Crippen LogP contribution in [0.3, 0.4) is 0 Å². The summed E-state index contributed by atoms with van der Waals surface area (Å²) in [6.07, 6.45) is -1.78. The molecule has 1 saturated heterocycles. The number of aryl methyl sites for hydroxylation is 1. The fourth-order valence-electron chi connectivity index (χ4n) is 3.97. The largest absolute Gasteiger partial charge is 0.406 e. The predicted molar refractivity (Wildman–Crippen MR) is 104 cm³/mol. The first-order valence-corrected chi connectivity index (χ1v) is 9.56. The van der Waals surface area contributed by atoms with Crippen molar-refractivity contribution in [1.82, 2.24) is 24.2 Å². The smallest absolute Gasteiger partial charge is 0.289 e. The van der Waals surface area contributed by atoms with Crippen LogP contribution in [-0.2, 0) is 20.1 Å². The number of alkyl halides is 3. The van der Waals surface area contributed by atoms with E-state index >= 15 is 0 Å². The third-order valence-electron chi connectivity index (χ3n) is 5.35. The molecule has 3 aromatic rings. The molecular formula is C20H20F3N5O2. The Hall–Kier alpha value is -3.01. The summed E-state index contributed by atoms with van der Waals surface area (Å²) >= 11 is 0. The molecule has 0 bridgehead atoms. The first kappa shape index (κ1) is 20.3. The highest BCUT2D eigenvalue weighted by Crippen LogP contribution is 2.33. The number of benzene rings is 1. The number of hydrogen-bond acceptors (Lipinski definition) is 5. The van der Waals surface area contributed by atoms with Gasteiger partial charge in [0.05, 0.1) is 16.9 Å². The Morgan fingerprint density at radius 1 is 1.13 bits per heavy atom. The molecule has 1 atom stereocenters. The molecular weight excluding hydrogens is 399 g/mol. The van der Waals surface area contributed by atoms with Crippen LogP contribution in [0.2, 0.25) is 0 Å². The topological polar surface area (TPSA) is 73.0 Å². The van der Waals surface area contributed by atoms with Gasteiger partial charge in [0.1, 0.15) is 12.4 Å². The van der Waals surface area contributed by atoms with Gasteiger partial charge < -0.3 is 0 Å². The maximum Gasteiger partial charge on any atom is 0.406 e. The van der Waals surface area contributed by atoms with Crippen molar-refractivity contribution in [2.24, 2.45) is 7.05 Å². The molecule has 1 unspecified atom stereocenters. The van der Waals surface area contributed by atoms with E-state index in [4.69, 9.17) is 0 Å². The van der Waals surface area contributed by atoms with E-state index in [0.29, 0.717) is 24.0 Å². The van der Waals surface area contributed by atoms with E-state index in [0.717, 1.165) is 11.0 Å². The van der Waals surface area contributed by atoms with E-state index in [1.54, 1.807) is 31.3 Å². The van der Waals surface area contributed by atoms with Crippen molar-refractivity contribution >= 4 is 10.9 Å². The Kier molecular flexibility index (Phi) is 5.19. The molecule has 0 radical (unpaired) electrons. The van der Waals surface area contributed by atoms with Crippen molar-refractivity contribution in [2.45, 2.75) is 38.1 Å². The Morgan fingerprint density at radius 3 is 2.67 bits per heavy atom. The van der Waals surface area contributed by atoms with Gasteiger partial charge in [0.15, 0.2) is 0 Å². The summed E-state index contributed by atoms with van der Waals surface area (Å²) in [6.45, 7) is -0.570. The summed E-state index contributed by atoms with van der Waals surface area (Å²) in [5.41, 5.74) is -0.116. The molecule has 0 N–H and O–H groups in total. The molecule has 0 aliphatic carbocycles. The standard InChI is InChI=1S/C20H20F3N5O2/c1-26-18(29)13(8-9-24-26)11-27-10-4-7-16(27)17-25-15-6-3-2-5-14(15)19(30)28(17)12-20(21,22)23/h2-3,5-6,8-9,16H,4,7,10-12H2,1H3. The lowest BCUT2D eigenvalue weighted by Crippen LogP contribution is -2.36. The first-order chi connectivity index (χ1) is 14.2. The second kappa shape index (κ2) is 7.67. The highest BCUT2D eigenvalue weighted by Gasteiger charge is 2.35. The zero-order valence-corrected chi connectivity index (χ0v) is 16.3. The Labute approximate surface area is 169 Å². The zero-order valence-electron chi connectivity index (χ0n) is 16.3. The number of rotatable bonds is 4. The predicted octanol–water partition coefficient (Wildman–Crippen LogP) is 2.39. The summed E-state index contributed by atoms with van der Waals surface area (Å²) in [7, 11) is 1.54. The third kappa shape index (κ3) is 3.87. The van der Waals surface area contributed by atoms with Crippen LogP contribution >= 0.6 is 0 Å². The molecule has 3 heterocycles. The van der Waals surface area contributed by atoms with E-state index < -0.39 is 24.3 Å². The average molecular weight is 419 g/mol. The number of likely N-dealkylation sites (tertiary alicyclic amines) is 1. The van der Waals surface area contributed by atoms with Crippen molar-refractivity contribution in [1.29, 1.82) is 0 Å². The number of nitrogens with zero attached hydrogens (tertiary/aromatic N) is 5.